The number of hydrogen-bond acceptors (Lipinski definition) is 4. The zero-order chi connectivity index (χ0) is 13.2. The van der Waals surface area contributed by atoms with Crippen molar-refractivity contribution in [2.45, 2.75) is 43.8 Å². The lowest BCUT2D eigenvalue weighted by atomic mass is 10.2. The molecule has 0 aromatic carbocycles. The Kier molecular flexibility index (Phi) is 3.70. The fraction of sp³-hybridized carbons (Fsp3) is 0.846. The molecule has 2 N–H and O–H groups in total. The first-order valence-electron chi connectivity index (χ1n) is 7.15. The number of morpholine rings is 1. The number of ether oxygens (including phenoxy) is 1. The van der Waals surface area contributed by atoms with Gasteiger partial charge in [0.1, 0.15) is 6.04 Å². The molecule has 6 nitrogen and oxygen atoms in total. The molecule has 0 aromatic heterocycles. The average molecular weight is 267 g/mol. The summed E-state index contributed by atoms with van der Waals surface area (Å²) in [5, 5.41) is 6.15. The summed E-state index contributed by atoms with van der Waals surface area (Å²) in [6, 6.07) is 0.363. The summed E-state index contributed by atoms with van der Waals surface area (Å²) in [5.41, 5.74) is 0. The van der Waals surface area contributed by atoms with E-state index in [1.54, 1.807) is 4.90 Å². The highest BCUT2D eigenvalue weighted by molar-refractivity contribution is 5.89. The normalized spacial score (nSPS) is 27.2. The zero-order valence-corrected chi connectivity index (χ0v) is 11.1. The van der Waals surface area contributed by atoms with Gasteiger partial charge in [0, 0.05) is 18.6 Å². The highest BCUT2D eigenvalue weighted by Crippen LogP contribution is 2.20. The van der Waals surface area contributed by atoms with Crippen LogP contribution in [-0.2, 0) is 14.3 Å². The van der Waals surface area contributed by atoms with Crippen LogP contribution in [0.2, 0.25) is 0 Å². The molecule has 2 aliphatic carbocycles. The van der Waals surface area contributed by atoms with Gasteiger partial charge in [0.25, 0.3) is 0 Å². The van der Waals surface area contributed by atoms with Crippen molar-refractivity contribution >= 4 is 11.8 Å². The largest absolute Gasteiger partial charge is 0.377 e. The Morgan fingerprint density at radius 1 is 1.16 bits per heavy atom. The molecule has 1 atom stereocenters. The van der Waals surface area contributed by atoms with E-state index in [-0.39, 0.29) is 11.8 Å². The van der Waals surface area contributed by atoms with Crippen LogP contribution in [0.15, 0.2) is 0 Å². The van der Waals surface area contributed by atoms with E-state index in [1.165, 1.54) is 0 Å². The first-order chi connectivity index (χ1) is 9.24. The van der Waals surface area contributed by atoms with Gasteiger partial charge in [0.05, 0.1) is 19.8 Å². The van der Waals surface area contributed by atoms with Gasteiger partial charge in [-0.3, -0.25) is 9.59 Å². The minimum Gasteiger partial charge on any atom is -0.377 e. The third-order valence-corrected chi connectivity index (χ3v) is 3.79. The van der Waals surface area contributed by atoms with Crippen molar-refractivity contribution in [3.8, 4) is 0 Å². The second-order valence-corrected chi connectivity index (χ2v) is 5.62. The van der Waals surface area contributed by atoms with Crippen molar-refractivity contribution in [1.29, 1.82) is 0 Å². The summed E-state index contributed by atoms with van der Waals surface area (Å²) in [5.74, 6) is -0.0619. The van der Waals surface area contributed by atoms with Crippen molar-refractivity contribution in [3.63, 3.8) is 0 Å². The van der Waals surface area contributed by atoms with Gasteiger partial charge in [-0.15, -0.1) is 0 Å². The van der Waals surface area contributed by atoms with E-state index in [0.717, 1.165) is 25.7 Å². The van der Waals surface area contributed by atoms with Crippen molar-refractivity contribution in [1.82, 2.24) is 15.5 Å². The van der Waals surface area contributed by atoms with Crippen LogP contribution >= 0.6 is 0 Å². The molecule has 0 bridgehead atoms. The fourth-order valence-corrected chi connectivity index (χ4v) is 2.27. The summed E-state index contributed by atoms with van der Waals surface area (Å²) < 4.78 is 5.35. The van der Waals surface area contributed by atoms with Gasteiger partial charge in [-0.1, -0.05) is 0 Å². The third kappa shape index (κ3) is 3.45. The Labute approximate surface area is 112 Å². The van der Waals surface area contributed by atoms with Crippen LogP contribution < -0.4 is 10.6 Å². The van der Waals surface area contributed by atoms with E-state index >= 15 is 0 Å². The number of hydrogen-bond donors (Lipinski definition) is 2. The summed E-state index contributed by atoms with van der Waals surface area (Å²) in [4.78, 5) is 25.9. The molecular weight excluding hydrogens is 246 g/mol. The summed E-state index contributed by atoms with van der Waals surface area (Å²) in [7, 11) is 0. The van der Waals surface area contributed by atoms with Gasteiger partial charge in [0.15, 0.2) is 0 Å². The lowest BCUT2D eigenvalue weighted by Crippen LogP contribution is -2.57. The van der Waals surface area contributed by atoms with E-state index in [2.05, 4.69) is 10.6 Å². The number of amides is 2. The topological polar surface area (TPSA) is 70.7 Å². The molecule has 0 aromatic rings. The quantitative estimate of drug-likeness (QED) is 0.687. The van der Waals surface area contributed by atoms with Crippen LogP contribution in [-0.4, -0.2) is 61.1 Å². The smallest absolute Gasteiger partial charge is 0.245 e. The summed E-state index contributed by atoms with van der Waals surface area (Å²) >= 11 is 0. The van der Waals surface area contributed by atoms with Gasteiger partial charge >= 0.3 is 0 Å². The molecule has 6 heteroatoms. The van der Waals surface area contributed by atoms with E-state index < -0.39 is 6.04 Å². The molecule has 2 saturated carbocycles. The first kappa shape index (κ1) is 12.9. The maximum absolute atomic E-state index is 12.2. The fourth-order valence-electron chi connectivity index (χ4n) is 2.27. The van der Waals surface area contributed by atoms with Crippen LogP contribution in [0.3, 0.4) is 0 Å². The maximum atomic E-state index is 12.2. The van der Waals surface area contributed by atoms with E-state index in [9.17, 15) is 9.59 Å². The number of nitrogens with one attached hydrogen (secondary N) is 2. The van der Waals surface area contributed by atoms with Crippen LogP contribution in [0.4, 0.5) is 0 Å². The molecule has 0 radical (unpaired) electrons. The second-order valence-electron chi connectivity index (χ2n) is 5.62. The van der Waals surface area contributed by atoms with Crippen molar-refractivity contribution in [2.24, 2.45) is 0 Å². The van der Waals surface area contributed by atoms with Gasteiger partial charge in [-0.25, -0.2) is 0 Å². The first-order valence-corrected chi connectivity index (χ1v) is 7.15. The lowest BCUT2D eigenvalue weighted by molar-refractivity contribution is -0.147. The molecule has 3 aliphatic rings. The Bertz CT molecular complexity index is 366. The molecule has 1 saturated heterocycles. The van der Waals surface area contributed by atoms with Gasteiger partial charge in [0.2, 0.25) is 11.8 Å². The SMILES string of the molecule is O=C(NC1CC1)C1COCCN1C(=O)CNC1CC1. The van der Waals surface area contributed by atoms with Crippen LogP contribution in [0.1, 0.15) is 25.7 Å². The molecule has 1 heterocycles. The molecule has 106 valence electrons. The molecule has 3 fully saturated rings. The maximum Gasteiger partial charge on any atom is 0.245 e. The van der Waals surface area contributed by atoms with Crippen molar-refractivity contribution < 1.29 is 14.3 Å². The predicted octanol–water partition coefficient (Wildman–Crippen LogP) is -0.756. The van der Waals surface area contributed by atoms with E-state index in [0.29, 0.717) is 38.4 Å². The van der Waals surface area contributed by atoms with Gasteiger partial charge in [-0.2, -0.15) is 0 Å². The lowest BCUT2D eigenvalue weighted by Gasteiger charge is -2.34. The molecule has 1 unspecified atom stereocenters. The predicted molar refractivity (Wildman–Crippen MR) is 68.5 cm³/mol. The third-order valence-electron chi connectivity index (χ3n) is 3.79. The Balaban J connectivity index is 1.54. The van der Waals surface area contributed by atoms with E-state index in [4.69, 9.17) is 4.74 Å². The van der Waals surface area contributed by atoms with Crippen LogP contribution in [0.25, 0.3) is 0 Å². The molecule has 2 amide bonds. The van der Waals surface area contributed by atoms with Crippen LogP contribution in [0.5, 0.6) is 0 Å². The second kappa shape index (κ2) is 5.46. The Hall–Kier alpha value is -1.14. The summed E-state index contributed by atoms with van der Waals surface area (Å²) in [6.45, 7) is 1.67. The highest BCUT2D eigenvalue weighted by atomic mass is 16.5. The van der Waals surface area contributed by atoms with Gasteiger partial charge in [-0.05, 0) is 25.7 Å². The van der Waals surface area contributed by atoms with E-state index in [1.807, 2.05) is 0 Å². The minimum atomic E-state index is -0.456. The molecule has 3 rings (SSSR count). The Morgan fingerprint density at radius 2 is 1.89 bits per heavy atom. The molecular formula is C13H21N3O3. The van der Waals surface area contributed by atoms with Crippen molar-refractivity contribution in [3.05, 3.63) is 0 Å². The highest BCUT2D eigenvalue weighted by Gasteiger charge is 2.35. The standard InChI is InChI=1S/C13H21N3O3/c17-12(7-14-9-1-2-9)16-5-6-19-8-11(16)13(18)15-10-3-4-10/h9-11,14H,1-8H2,(H,15,18). The summed E-state index contributed by atoms with van der Waals surface area (Å²) in [6.07, 6.45) is 4.41. The molecule has 0 spiro atoms. The molecule has 19 heavy (non-hydrogen) atoms. The number of carbonyl (C=O) groups excluding carboxylic acids is 2. The minimum absolute atomic E-state index is 0.00569. The monoisotopic (exact) mass is 267 g/mol. The van der Waals surface area contributed by atoms with Crippen LogP contribution in [0, 0.1) is 0 Å². The van der Waals surface area contributed by atoms with Gasteiger partial charge < -0.3 is 20.3 Å². The number of rotatable bonds is 5. The molecule has 1 aliphatic heterocycles. The average Bonchev–Trinajstić information content (AvgIpc) is 3.30. The number of nitrogens with zero attached hydrogens (tertiary/aromatic N) is 1. The Morgan fingerprint density at radius 3 is 2.58 bits per heavy atom. The number of carbonyl (C=O) groups is 2. The zero-order valence-electron chi connectivity index (χ0n) is 11.1. The van der Waals surface area contributed by atoms with Crippen molar-refractivity contribution in [2.75, 3.05) is 26.3 Å².